The molecule has 2 rings (SSSR count). The first-order chi connectivity index (χ1) is 9.34. The second-order valence-corrected chi connectivity index (χ2v) is 6.18. The molecule has 3 heteroatoms. The van der Waals surface area contributed by atoms with Crippen molar-refractivity contribution in [1.82, 2.24) is 4.90 Å². The van der Waals surface area contributed by atoms with Crippen LogP contribution in [-0.4, -0.2) is 37.1 Å². The van der Waals surface area contributed by atoms with Crippen molar-refractivity contribution in [3.05, 3.63) is 0 Å². The lowest BCUT2D eigenvalue weighted by Gasteiger charge is -2.22. The van der Waals surface area contributed by atoms with Crippen LogP contribution in [0.15, 0.2) is 0 Å². The highest BCUT2D eigenvalue weighted by Crippen LogP contribution is 2.26. The van der Waals surface area contributed by atoms with Crippen LogP contribution in [0, 0.1) is 5.92 Å². The van der Waals surface area contributed by atoms with Gasteiger partial charge in [0.25, 0.3) is 0 Å². The topological polar surface area (TPSA) is 29.5 Å². The molecule has 0 aromatic carbocycles. The van der Waals surface area contributed by atoms with Crippen LogP contribution >= 0.6 is 0 Å². The summed E-state index contributed by atoms with van der Waals surface area (Å²) in [6.45, 7) is 3.88. The molecule has 1 saturated carbocycles. The highest BCUT2D eigenvalue weighted by molar-refractivity contribution is 5.69. The van der Waals surface area contributed by atoms with Gasteiger partial charge in [-0.1, -0.05) is 32.1 Å². The van der Waals surface area contributed by atoms with Gasteiger partial charge in [-0.05, 0) is 44.7 Å². The number of carbonyl (C=O) groups is 1. The molecule has 2 fully saturated rings. The summed E-state index contributed by atoms with van der Waals surface area (Å²) >= 11 is 0. The monoisotopic (exact) mass is 267 g/mol. The number of esters is 1. The van der Waals surface area contributed by atoms with Gasteiger partial charge in [-0.3, -0.25) is 9.69 Å². The third kappa shape index (κ3) is 5.94. The summed E-state index contributed by atoms with van der Waals surface area (Å²) in [5.41, 5.74) is 0. The molecule has 1 aliphatic carbocycles. The van der Waals surface area contributed by atoms with E-state index in [-0.39, 0.29) is 5.97 Å². The quantitative estimate of drug-likeness (QED) is 0.715. The molecule has 3 nitrogen and oxygen atoms in total. The van der Waals surface area contributed by atoms with Gasteiger partial charge in [0.2, 0.25) is 0 Å². The molecule has 19 heavy (non-hydrogen) atoms. The van der Waals surface area contributed by atoms with Gasteiger partial charge in [-0.2, -0.15) is 0 Å². The van der Waals surface area contributed by atoms with E-state index in [9.17, 15) is 4.79 Å². The third-order valence-corrected chi connectivity index (χ3v) is 4.55. The van der Waals surface area contributed by atoms with Crippen LogP contribution in [-0.2, 0) is 9.53 Å². The molecule has 1 saturated heterocycles. The van der Waals surface area contributed by atoms with Crippen molar-refractivity contribution in [2.45, 2.75) is 64.2 Å². The van der Waals surface area contributed by atoms with Crippen molar-refractivity contribution < 1.29 is 9.53 Å². The second kappa shape index (κ2) is 8.57. The number of ether oxygens (including phenoxy) is 1. The Bertz CT molecular complexity index is 253. The first-order valence-electron chi connectivity index (χ1n) is 8.22. The van der Waals surface area contributed by atoms with Gasteiger partial charge >= 0.3 is 5.97 Å². The Labute approximate surface area is 117 Å². The van der Waals surface area contributed by atoms with Gasteiger partial charge in [0, 0.05) is 13.0 Å². The van der Waals surface area contributed by atoms with Gasteiger partial charge in [-0.15, -0.1) is 0 Å². The van der Waals surface area contributed by atoms with E-state index in [2.05, 4.69) is 4.90 Å². The fourth-order valence-corrected chi connectivity index (χ4v) is 3.33. The summed E-state index contributed by atoms with van der Waals surface area (Å²) in [5.74, 6) is 0.626. The van der Waals surface area contributed by atoms with Crippen molar-refractivity contribution in [2.24, 2.45) is 5.92 Å². The fraction of sp³-hybridized carbons (Fsp3) is 0.938. The Morgan fingerprint density at radius 3 is 2.26 bits per heavy atom. The van der Waals surface area contributed by atoms with E-state index < -0.39 is 0 Å². The van der Waals surface area contributed by atoms with Gasteiger partial charge in [0.05, 0.1) is 0 Å². The second-order valence-electron chi connectivity index (χ2n) is 6.18. The van der Waals surface area contributed by atoms with Crippen molar-refractivity contribution in [3.8, 4) is 0 Å². The molecular formula is C16H29NO2. The summed E-state index contributed by atoms with van der Waals surface area (Å²) in [6.07, 6.45) is 12.4. The predicted molar refractivity (Wildman–Crippen MR) is 77.1 cm³/mol. The molecule has 0 spiro atoms. The summed E-state index contributed by atoms with van der Waals surface area (Å²) in [7, 11) is 0. The van der Waals surface area contributed by atoms with Crippen LogP contribution in [0.5, 0.6) is 0 Å². The Morgan fingerprint density at radius 2 is 1.58 bits per heavy atom. The summed E-state index contributed by atoms with van der Waals surface area (Å²) < 4.78 is 5.41. The third-order valence-electron chi connectivity index (χ3n) is 4.55. The zero-order valence-electron chi connectivity index (χ0n) is 12.2. The smallest absolute Gasteiger partial charge is 0.306 e. The molecule has 0 bridgehead atoms. The lowest BCUT2D eigenvalue weighted by atomic mass is 9.87. The Kier molecular flexibility index (Phi) is 6.69. The molecule has 0 atom stereocenters. The fourth-order valence-electron chi connectivity index (χ4n) is 3.33. The standard InChI is InChI=1S/C16H29NO2/c18-16(14-15-8-4-3-5-9-15)19-13-12-17-10-6-1-2-7-11-17/h15H,1-14H2. The summed E-state index contributed by atoms with van der Waals surface area (Å²) in [5, 5.41) is 0. The normalized spacial score (nSPS) is 22.9. The number of hydrogen-bond donors (Lipinski definition) is 0. The van der Waals surface area contributed by atoms with Crippen molar-refractivity contribution in [1.29, 1.82) is 0 Å². The zero-order valence-corrected chi connectivity index (χ0v) is 12.2. The minimum Gasteiger partial charge on any atom is -0.464 e. The van der Waals surface area contributed by atoms with E-state index in [1.54, 1.807) is 0 Å². The SMILES string of the molecule is O=C(CC1CCCCC1)OCCN1CCCCCC1. The van der Waals surface area contributed by atoms with Crippen molar-refractivity contribution >= 4 is 5.97 Å². The maximum atomic E-state index is 11.8. The minimum absolute atomic E-state index is 0.0294. The number of likely N-dealkylation sites (tertiary alicyclic amines) is 1. The van der Waals surface area contributed by atoms with E-state index in [0.29, 0.717) is 18.9 Å². The van der Waals surface area contributed by atoms with Gasteiger partial charge in [0.15, 0.2) is 0 Å². The lowest BCUT2D eigenvalue weighted by Crippen LogP contribution is -2.29. The molecule has 0 N–H and O–H groups in total. The maximum Gasteiger partial charge on any atom is 0.306 e. The van der Waals surface area contributed by atoms with Crippen LogP contribution in [0.4, 0.5) is 0 Å². The van der Waals surface area contributed by atoms with Crippen LogP contribution in [0.25, 0.3) is 0 Å². The molecule has 0 aromatic rings. The Hall–Kier alpha value is -0.570. The zero-order chi connectivity index (χ0) is 13.3. The molecular weight excluding hydrogens is 238 g/mol. The van der Waals surface area contributed by atoms with E-state index in [0.717, 1.165) is 6.54 Å². The first kappa shape index (κ1) is 14.8. The molecule has 2 aliphatic rings. The molecule has 0 unspecified atom stereocenters. The molecule has 110 valence electrons. The highest BCUT2D eigenvalue weighted by atomic mass is 16.5. The van der Waals surface area contributed by atoms with E-state index in [1.807, 2.05) is 0 Å². The molecule has 0 amide bonds. The number of nitrogens with zero attached hydrogens (tertiary/aromatic N) is 1. The molecule has 0 radical (unpaired) electrons. The van der Waals surface area contributed by atoms with Crippen LogP contribution in [0.2, 0.25) is 0 Å². The Morgan fingerprint density at radius 1 is 0.947 bits per heavy atom. The lowest BCUT2D eigenvalue weighted by molar-refractivity contribution is -0.145. The average Bonchev–Trinajstić information content (AvgIpc) is 2.68. The molecule has 1 heterocycles. The number of hydrogen-bond acceptors (Lipinski definition) is 3. The van der Waals surface area contributed by atoms with Crippen LogP contribution < -0.4 is 0 Å². The van der Waals surface area contributed by atoms with E-state index >= 15 is 0 Å². The van der Waals surface area contributed by atoms with E-state index in [1.165, 1.54) is 70.9 Å². The maximum absolute atomic E-state index is 11.8. The van der Waals surface area contributed by atoms with Crippen LogP contribution in [0.3, 0.4) is 0 Å². The summed E-state index contributed by atoms with van der Waals surface area (Å²) in [6, 6.07) is 0. The van der Waals surface area contributed by atoms with Crippen LogP contribution in [0.1, 0.15) is 64.2 Å². The predicted octanol–water partition coefficient (Wildman–Crippen LogP) is 3.38. The summed E-state index contributed by atoms with van der Waals surface area (Å²) in [4.78, 5) is 14.2. The number of rotatable bonds is 5. The first-order valence-corrected chi connectivity index (χ1v) is 8.22. The molecule has 1 aliphatic heterocycles. The highest BCUT2D eigenvalue weighted by Gasteiger charge is 2.18. The largest absolute Gasteiger partial charge is 0.464 e. The Balaban J connectivity index is 1.55. The van der Waals surface area contributed by atoms with Gasteiger partial charge in [-0.25, -0.2) is 0 Å². The van der Waals surface area contributed by atoms with E-state index in [4.69, 9.17) is 4.74 Å². The minimum atomic E-state index is 0.0294. The van der Waals surface area contributed by atoms with Crippen molar-refractivity contribution in [2.75, 3.05) is 26.2 Å². The van der Waals surface area contributed by atoms with Gasteiger partial charge in [0.1, 0.15) is 6.61 Å². The number of carbonyl (C=O) groups excluding carboxylic acids is 1. The average molecular weight is 267 g/mol. The molecule has 0 aromatic heterocycles. The van der Waals surface area contributed by atoms with Crippen molar-refractivity contribution in [3.63, 3.8) is 0 Å². The van der Waals surface area contributed by atoms with Gasteiger partial charge < -0.3 is 4.74 Å².